The van der Waals surface area contributed by atoms with Crippen LogP contribution in [0.5, 0.6) is 0 Å². The predicted octanol–water partition coefficient (Wildman–Crippen LogP) is 13.8. The Balaban J connectivity index is 3.62. The average Bonchev–Trinajstić information content (AvgIpc) is 3.02. The van der Waals surface area contributed by atoms with Crippen LogP contribution in [-0.4, -0.2) is 23.1 Å². The van der Waals surface area contributed by atoms with E-state index in [-0.39, 0.29) is 18.5 Å². The van der Waals surface area contributed by atoms with Crippen LogP contribution in [0.1, 0.15) is 232 Å². The third-order valence-electron chi connectivity index (χ3n) is 9.22. The second-order valence-corrected chi connectivity index (χ2v) is 13.8. The van der Waals surface area contributed by atoms with E-state index in [0.29, 0.717) is 6.42 Å². The van der Waals surface area contributed by atoms with Crippen LogP contribution in [0.3, 0.4) is 0 Å². The average molecular weight is 635 g/mol. The van der Waals surface area contributed by atoms with Gasteiger partial charge in [0, 0.05) is 12.8 Å². The van der Waals surface area contributed by atoms with Gasteiger partial charge in [-0.05, 0) is 44.6 Å². The molecule has 1 N–H and O–H groups in total. The first-order valence-corrected chi connectivity index (χ1v) is 20.2. The summed E-state index contributed by atoms with van der Waals surface area (Å²) < 4.78 is 5.83. The maximum atomic E-state index is 12.5. The molecule has 1 unspecified atom stereocenters. The molecule has 0 bridgehead atoms. The van der Waals surface area contributed by atoms with Crippen molar-refractivity contribution in [2.24, 2.45) is 0 Å². The fourth-order valence-corrected chi connectivity index (χ4v) is 6.21. The van der Waals surface area contributed by atoms with Crippen LogP contribution in [0.4, 0.5) is 0 Å². The number of hydrogen-bond acceptors (Lipinski definition) is 3. The van der Waals surface area contributed by atoms with Gasteiger partial charge in [-0.3, -0.25) is 9.59 Å². The van der Waals surface area contributed by atoms with Crippen molar-refractivity contribution in [2.75, 3.05) is 0 Å². The molecule has 4 nitrogen and oxygen atoms in total. The Morgan fingerprint density at radius 2 is 0.844 bits per heavy atom. The molecule has 0 saturated heterocycles. The molecule has 4 heteroatoms. The number of aliphatic carboxylic acids is 1. The van der Waals surface area contributed by atoms with Crippen molar-refractivity contribution in [1.29, 1.82) is 0 Å². The minimum absolute atomic E-state index is 0.0624. The predicted molar refractivity (Wildman–Crippen MR) is 195 cm³/mol. The van der Waals surface area contributed by atoms with Crippen LogP contribution in [0.25, 0.3) is 0 Å². The minimum atomic E-state index is -0.720. The number of carbonyl (C=O) groups excluding carboxylic acids is 1. The van der Waals surface area contributed by atoms with Gasteiger partial charge in [-0.25, -0.2) is 0 Å². The van der Waals surface area contributed by atoms with Crippen LogP contribution in [-0.2, 0) is 14.3 Å². The molecule has 1 atom stereocenters. The first-order valence-electron chi connectivity index (χ1n) is 20.2. The van der Waals surface area contributed by atoms with E-state index in [2.05, 4.69) is 26.0 Å². The van der Waals surface area contributed by atoms with Crippen molar-refractivity contribution in [3.05, 3.63) is 12.2 Å². The van der Waals surface area contributed by atoms with Crippen LogP contribution in [0.15, 0.2) is 12.2 Å². The van der Waals surface area contributed by atoms with Gasteiger partial charge in [0.05, 0.1) is 0 Å². The first kappa shape index (κ1) is 43.7. The van der Waals surface area contributed by atoms with Crippen molar-refractivity contribution in [3.8, 4) is 0 Å². The normalized spacial score (nSPS) is 12.2. The van der Waals surface area contributed by atoms with Gasteiger partial charge in [-0.15, -0.1) is 0 Å². The highest BCUT2D eigenvalue weighted by atomic mass is 16.5. The van der Waals surface area contributed by atoms with E-state index in [1.165, 1.54) is 154 Å². The summed E-state index contributed by atoms with van der Waals surface area (Å²) in [5.41, 5.74) is 0. The Morgan fingerprint density at radius 3 is 1.27 bits per heavy atom. The Bertz CT molecular complexity index is 643. The Hall–Kier alpha value is -1.32. The molecule has 0 aromatic rings. The summed E-state index contributed by atoms with van der Waals surface area (Å²) in [6.45, 7) is 4.50. The molecule has 0 heterocycles. The molecule has 0 aromatic heterocycles. The standard InChI is InChI=1S/C41H78O4/c1-3-5-7-9-10-11-12-13-14-15-16-17-18-19-20-21-22-23-24-25-26-28-34-38-41(44)45-39(35-31-27-8-6-4-2)36-32-29-30-33-37-40(42)43/h31,35,39H,3-30,32-34,36-38H2,1-2H3,(H,42,43)/b35-31-. The maximum Gasteiger partial charge on any atom is 0.306 e. The molecule has 0 amide bonds. The van der Waals surface area contributed by atoms with Crippen molar-refractivity contribution in [3.63, 3.8) is 0 Å². The van der Waals surface area contributed by atoms with Crippen molar-refractivity contribution >= 4 is 11.9 Å². The van der Waals surface area contributed by atoms with E-state index in [9.17, 15) is 9.59 Å². The summed E-state index contributed by atoms with van der Waals surface area (Å²) in [6, 6.07) is 0. The quantitative estimate of drug-likeness (QED) is 0.0419. The van der Waals surface area contributed by atoms with E-state index in [1.54, 1.807) is 0 Å². The summed E-state index contributed by atoms with van der Waals surface area (Å²) in [4.78, 5) is 23.2. The summed E-state index contributed by atoms with van der Waals surface area (Å²) >= 11 is 0. The van der Waals surface area contributed by atoms with E-state index in [1.807, 2.05) is 0 Å². The van der Waals surface area contributed by atoms with Gasteiger partial charge < -0.3 is 9.84 Å². The van der Waals surface area contributed by atoms with Crippen LogP contribution < -0.4 is 0 Å². The number of carboxylic acid groups (broad SMARTS) is 1. The summed E-state index contributed by atoms with van der Waals surface area (Å²) in [6.07, 6.45) is 45.7. The molecule has 0 aliphatic rings. The van der Waals surface area contributed by atoms with Crippen LogP contribution in [0.2, 0.25) is 0 Å². The van der Waals surface area contributed by atoms with E-state index >= 15 is 0 Å². The Kier molecular flexibility index (Phi) is 36.1. The summed E-state index contributed by atoms with van der Waals surface area (Å²) in [5, 5.41) is 8.79. The van der Waals surface area contributed by atoms with Gasteiger partial charge in [-0.1, -0.05) is 187 Å². The summed E-state index contributed by atoms with van der Waals surface area (Å²) in [5.74, 6) is -0.782. The molecule has 0 spiro atoms. The van der Waals surface area contributed by atoms with Gasteiger partial charge in [0.2, 0.25) is 0 Å². The number of allylic oxidation sites excluding steroid dienone is 1. The SMILES string of the molecule is CCCCC/C=C\C(CCCCCCC(=O)O)OC(=O)CCCCCCCCCCCCCCCCCCCCCCCCC. The number of ether oxygens (including phenoxy) is 1. The van der Waals surface area contributed by atoms with E-state index < -0.39 is 5.97 Å². The van der Waals surface area contributed by atoms with E-state index in [4.69, 9.17) is 9.84 Å². The zero-order valence-electron chi connectivity index (χ0n) is 30.4. The lowest BCUT2D eigenvalue weighted by atomic mass is 10.0. The molecule has 0 aliphatic carbocycles. The van der Waals surface area contributed by atoms with Crippen molar-refractivity contribution < 1.29 is 19.4 Å². The third-order valence-corrected chi connectivity index (χ3v) is 9.22. The number of esters is 1. The highest BCUT2D eigenvalue weighted by molar-refractivity contribution is 5.69. The molecule has 0 saturated carbocycles. The minimum Gasteiger partial charge on any atom is -0.481 e. The number of unbranched alkanes of at least 4 members (excludes halogenated alkanes) is 28. The monoisotopic (exact) mass is 635 g/mol. The maximum absolute atomic E-state index is 12.5. The van der Waals surface area contributed by atoms with Gasteiger partial charge in [0.1, 0.15) is 6.10 Å². The zero-order valence-corrected chi connectivity index (χ0v) is 30.4. The molecule has 0 fully saturated rings. The molecule has 0 radical (unpaired) electrons. The van der Waals surface area contributed by atoms with Crippen LogP contribution in [0, 0.1) is 0 Å². The molecule has 45 heavy (non-hydrogen) atoms. The van der Waals surface area contributed by atoms with Crippen LogP contribution >= 0.6 is 0 Å². The zero-order chi connectivity index (χ0) is 32.9. The van der Waals surface area contributed by atoms with Crippen molar-refractivity contribution in [1.82, 2.24) is 0 Å². The Morgan fingerprint density at radius 1 is 0.489 bits per heavy atom. The lowest BCUT2D eigenvalue weighted by molar-refractivity contribution is -0.147. The van der Waals surface area contributed by atoms with Crippen molar-refractivity contribution in [2.45, 2.75) is 238 Å². The highest BCUT2D eigenvalue weighted by Crippen LogP contribution is 2.17. The number of rotatable bonds is 37. The molecule has 266 valence electrons. The molecule has 0 aromatic carbocycles. The van der Waals surface area contributed by atoms with Gasteiger partial charge in [-0.2, -0.15) is 0 Å². The third kappa shape index (κ3) is 37.0. The smallest absolute Gasteiger partial charge is 0.306 e. The first-order chi connectivity index (χ1) is 22.1. The molecule has 0 aliphatic heterocycles. The fourth-order valence-electron chi connectivity index (χ4n) is 6.21. The Labute approximate surface area is 281 Å². The largest absolute Gasteiger partial charge is 0.481 e. The topological polar surface area (TPSA) is 63.6 Å². The van der Waals surface area contributed by atoms with Gasteiger partial charge in [0.15, 0.2) is 0 Å². The highest BCUT2D eigenvalue weighted by Gasteiger charge is 2.11. The second-order valence-electron chi connectivity index (χ2n) is 13.8. The lowest BCUT2D eigenvalue weighted by Crippen LogP contribution is -2.16. The molecule has 0 rings (SSSR count). The molecular weight excluding hydrogens is 556 g/mol. The number of carboxylic acids is 1. The number of carbonyl (C=O) groups is 2. The lowest BCUT2D eigenvalue weighted by Gasteiger charge is -2.15. The second kappa shape index (κ2) is 37.1. The van der Waals surface area contributed by atoms with Gasteiger partial charge >= 0.3 is 11.9 Å². The molecular formula is C41H78O4. The van der Waals surface area contributed by atoms with Gasteiger partial charge in [0.25, 0.3) is 0 Å². The van der Waals surface area contributed by atoms with E-state index in [0.717, 1.165) is 51.4 Å². The summed E-state index contributed by atoms with van der Waals surface area (Å²) in [7, 11) is 0. The number of hydrogen-bond donors (Lipinski definition) is 1. The fraction of sp³-hybridized carbons (Fsp3) is 0.902.